The average molecular weight is 367 g/mol. The van der Waals surface area contributed by atoms with Crippen molar-refractivity contribution in [3.8, 4) is 0 Å². The highest BCUT2D eigenvalue weighted by atomic mass is 32.1. The summed E-state index contributed by atoms with van der Waals surface area (Å²) in [5, 5.41) is 2.89. The summed E-state index contributed by atoms with van der Waals surface area (Å²) in [5.41, 5.74) is 2.07. The van der Waals surface area contributed by atoms with Crippen LogP contribution in [0.15, 0.2) is 41.3 Å². The van der Waals surface area contributed by atoms with Gasteiger partial charge in [0.15, 0.2) is 4.96 Å². The summed E-state index contributed by atoms with van der Waals surface area (Å²) in [7, 11) is 0. The number of aryl methyl sites for hydroxylation is 2. The Bertz CT molecular complexity index is 1010. The van der Waals surface area contributed by atoms with Gasteiger partial charge in [0, 0.05) is 23.3 Å². The van der Waals surface area contributed by atoms with E-state index in [4.69, 9.17) is 0 Å². The number of nitrogens with zero attached hydrogens (tertiary/aromatic N) is 2. The third kappa shape index (κ3) is 3.05. The minimum atomic E-state index is -0.351. The van der Waals surface area contributed by atoms with Gasteiger partial charge in [-0.1, -0.05) is 37.3 Å². The number of aromatic nitrogens is 2. The molecule has 4 rings (SSSR count). The fraction of sp³-hybridized carbons (Fsp3) is 0.350. The minimum absolute atomic E-state index is 0.119. The zero-order chi connectivity index (χ0) is 18.1. The zero-order valence-corrected chi connectivity index (χ0v) is 15.5. The molecule has 0 spiro atoms. The molecule has 26 heavy (non-hydrogen) atoms. The molecule has 0 bridgehead atoms. The summed E-state index contributed by atoms with van der Waals surface area (Å²) in [6.07, 6.45) is 5.53. The Morgan fingerprint density at radius 2 is 2.04 bits per heavy atom. The topological polar surface area (TPSA) is 63.5 Å². The van der Waals surface area contributed by atoms with Crippen molar-refractivity contribution in [3.05, 3.63) is 68.6 Å². The average Bonchev–Trinajstić information content (AvgIpc) is 3.06. The van der Waals surface area contributed by atoms with E-state index < -0.39 is 0 Å². The van der Waals surface area contributed by atoms with E-state index in [1.54, 1.807) is 15.7 Å². The second-order valence-corrected chi connectivity index (χ2v) is 7.86. The lowest BCUT2D eigenvalue weighted by molar-refractivity contribution is 0.0949. The SMILES string of the molecule is C[C@@H](CNC(=O)c1cnc2sc3c(n2c1=O)CCCC3)c1ccccc1. The molecule has 3 aromatic rings. The summed E-state index contributed by atoms with van der Waals surface area (Å²) >= 11 is 1.57. The van der Waals surface area contributed by atoms with Gasteiger partial charge in [-0.15, -0.1) is 11.3 Å². The second-order valence-electron chi connectivity index (χ2n) is 6.80. The normalized spacial score (nSPS) is 14.8. The van der Waals surface area contributed by atoms with Gasteiger partial charge in [0.05, 0.1) is 0 Å². The van der Waals surface area contributed by atoms with Crippen molar-refractivity contribution in [1.29, 1.82) is 0 Å². The molecular weight excluding hydrogens is 346 g/mol. The molecule has 1 amide bonds. The predicted molar refractivity (Wildman–Crippen MR) is 103 cm³/mol. The quantitative estimate of drug-likeness (QED) is 0.770. The maximum absolute atomic E-state index is 12.9. The van der Waals surface area contributed by atoms with E-state index in [-0.39, 0.29) is 22.9 Å². The summed E-state index contributed by atoms with van der Waals surface area (Å²) < 4.78 is 1.65. The molecule has 134 valence electrons. The molecule has 0 saturated carbocycles. The van der Waals surface area contributed by atoms with Crippen molar-refractivity contribution in [2.75, 3.05) is 6.54 Å². The highest BCUT2D eigenvalue weighted by Crippen LogP contribution is 2.28. The van der Waals surface area contributed by atoms with Crippen LogP contribution >= 0.6 is 11.3 Å². The van der Waals surface area contributed by atoms with Gasteiger partial charge >= 0.3 is 0 Å². The number of benzene rings is 1. The Hall–Kier alpha value is -2.47. The third-order valence-corrected chi connectivity index (χ3v) is 6.14. The fourth-order valence-corrected chi connectivity index (χ4v) is 4.63. The summed E-state index contributed by atoms with van der Waals surface area (Å²) in [5.74, 6) is -0.177. The molecule has 6 heteroatoms. The Balaban J connectivity index is 1.57. The molecule has 1 atom stereocenters. The van der Waals surface area contributed by atoms with Crippen LogP contribution in [0.25, 0.3) is 4.96 Å². The minimum Gasteiger partial charge on any atom is -0.351 e. The maximum Gasteiger partial charge on any atom is 0.271 e. The first-order valence-electron chi connectivity index (χ1n) is 9.00. The van der Waals surface area contributed by atoms with Crippen LogP contribution in [0, 0.1) is 0 Å². The number of rotatable bonds is 4. The Kier molecular flexibility index (Phi) is 4.59. The van der Waals surface area contributed by atoms with E-state index in [1.807, 2.05) is 30.3 Å². The molecule has 0 radical (unpaired) electrons. The van der Waals surface area contributed by atoms with E-state index >= 15 is 0 Å². The lowest BCUT2D eigenvalue weighted by atomic mass is 10.0. The van der Waals surface area contributed by atoms with Gasteiger partial charge in [-0.05, 0) is 37.2 Å². The van der Waals surface area contributed by atoms with Crippen LogP contribution in [0.2, 0.25) is 0 Å². The second kappa shape index (κ2) is 7.03. The molecule has 0 unspecified atom stereocenters. The lowest BCUT2D eigenvalue weighted by Gasteiger charge is -2.13. The largest absolute Gasteiger partial charge is 0.351 e. The predicted octanol–water partition coefficient (Wildman–Crippen LogP) is 3.17. The van der Waals surface area contributed by atoms with Crippen molar-refractivity contribution in [2.45, 2.75) is 38.5 Å². The fourth-order valence-electron chi connectivity index (χ4n) is 3.46. The van der Waals surface area contributed by atoms with Gasteiger partial charge in [0.25, 0.3) is 11.5 Å². The molecular formula is C20H21N3O2S. The van der Waals surface area contributed by atoms with Crippen LogP contribution < -0.4 is 10.9 Å². The molecule has 0 saturated heterocycles. The van der Waals surface area contributed by atoms with E-state index in [0.29, 0.717) is 11.5 Å². The van der Waals surface area contributed by atoms with Crippen molar-refractivity contribution in [2.24, 2.45) is 0 Å². The highest BCUT2D eigenvalue weighted by Gasteiger charge is 2.21. The van der Waals surface area contributed by atoms with Crippen LogP contribution in [-0.4, -0.2) is 21.8 Å². The van der Waals surface area contributed by atoms with Crippen molar-refractivity contribution in [1.82, 2.24) is 14.7 Å². The van der Waals surface area contributed by atoms with Crippen LogP contribution in [0.4, 0.5) is 0 Å². The number of amides is 1. The van der Waals surface area contributed by atoms with E-state index in [9.17, 15) is 9.59 Å². The van der Waals surface area contributed by atoms with Gasteiger partial charge < -0.3 is 5.32 Å². The smallest absolute Gasteiger partial charge is 0.271 e. The molecule has 5 nitrogen and oxygen atoms in total. The molecule has 1 aromatic carbocycles. The summed E-state index contributed by atoms with van der Waals surface area (Å²) in [4.78, 5) is 31.8. The van der Waals surface area contributed by atoms with Crippen LogP contribution in [0.3, 0.4) is 0 Å². The lowest BCUT2D eigenvalue weighted by Crippen LogP contribution is -2.34. The zero-order valence-electron chi connectivity index (χ0n) is 14.7. The number of carbonyl (C=O) groups excluding carboxylic acids is 1. The van der Waals surface area contributed by atoms with Crippen LogP contribution in [0.5, 0.6) is 0 Å². The van der Waals surface area contributed by atoms with Gasteiger partial charge in [-0.2, -0.15) is 0 Å². The van der Waals surface area contributed by atoms with Gasteiger partial charge in [0.1, 0.15) is 5.56 Å². The van der Waals surface area contributed by atoms with E-state index in [1.165, 1.54) is 11.1 Å². The maximum atomic E-state index is 12.9. The Morgan fingerprint density at radius 1 is 1.27 bits per heavy atom. The molecule has 2 heterocycles. The van der Waals surface area contributed by atoms with Crippen molar-refractivity contribution >= 4 is 22.2 Å². The number of hydrogen-bond acceptors (Lipinski definition) is 4. The van der Waals surface area contributed by atoms with E-state index in [2.05, 4.69) is 17.2 Å². The molecule has 1 aliphatic carbocycles. The number of carbonyl (C=O) groups is 1. The van der Waals surface area contributed by atoms with Crippen molar-refractivity contribution in [3.63, 3.8) is 0 Å². The van der Waals surface area contributed by atoms with E-state index in [0.717, 1.165) is 36.9 Å². The van der Waals surface area contributed by atoms with Gasteiger partial charge in [0.2, 0.25) is 0 Å². The number of nitrogens with one attached hydrogen (secondary N) is 1. The third-order valence-electron chi connectivity index (χ3n) is 4.98. The Morgan fingerprint density at radius 3 is 2.85 bits per heavy atom. The van der Waals surface area contributed by atoms with Crippen molar-refractivity contribution < 1.29 is 4.79 Å². The monoisotopic (exact) mass is 367 g/mol. The Labute approximate surface area is 155 Å². The number of thiazole rings is 1. The molecule has 0 fully saturated rings. The molecule has 1 N–H and O–H groups in total. The first-order valence-corrected chi connectivity index (χ1v) is 9.82. The van der Waals surface area contributed by atoms with Crippen LogP contribution in [0.1, 0.15) is 52.2 Å². The standard InChI is InChI=1S/C20H21N3O2S/c1-13(14-7-3-2-4-8-14)11-21-18(24)15-12-22-20-23(19(15)25)16-9-5-6-10-17(16)26-20/h2-4,7-8,12-13H,5-6,9-11H2,1H3,(H,21,24)/t13-/m0/s1. The molecule has 2 aromatic heterocycles. The number of fused-ring (bicyclic) bond motifs is 3. The van der Waals surface area contributed by atoms with Gasteiger partial charge in [-0.25, -0.2) is 4.98 Å². The highest BCUT2D eigenvalue weighted by molar-refractivity contribution is 7.17. The van der Waals surface area contributed by atoms with Gasteiger partial charge in [-0.3, -0.25) is 14.0 Å². The number of hydrogen-bond donors (Lipinski definition) is 1. The molecule has 1 aliphatic rings. The molecule has 0 aliphatic heterocycles. The van der Waals surface area contributed by atoms with Crippen LogP contribution in [-0.2, 0) is 12.8 Å². The first-order chi connectivity index (χ1) is 12.6. The summed E-state index contributed by atoms with van der Waals surface area (Å²) in [6.45, 7) is 2.53. The summed E-state index contributed by atoms with van der Waals surface area (Å²) in [6, 6.07) is 10.0. The first kappa shape index (κ1) is 17.0.